The molecule has 0 aliphatic heterocycles. The fourth-order valence-electron chi connectivity index (χ4n) is 1.92. The molecule has 1 rings (SSSR count). The van der Waals surface area contributed by atoms with Crippen LogP contribution in [0.15, 0.2) is 29.2 Å². The number of carbonyl (C=O) groups excluding carboxylic acids is 1. The molecule has 0 amide bonds. The third kappa shape index (κ3) is 6.37. The number of esters is 1. The summed E-state index contributed by atoms with van der Waals surface area (Å²) < 4.78 is 32.1. The zero-order valence-corrected chi connectivity index (χ0v) is 14.8. The summed E-state index contributed by atoms with van der Waals surface area (Å²) in [7, 11) is -2.24. The summed E-state index contributed by atoms with van der Waals surface area (Å²) in [5.74, 6) is 0.492. The van der Waals surface area contributed by atoms with Crippen LogP contribution in [-0.2, 0) is 19.6 Å². The summed E-state index contributed by atoms with van der Waals surface area (Å²) in [5, 5.41) is 0. The molecule has 22 heavy (non-hydrogen) atoms. The molecular formula is C15H23NO4S2. The van der Waals surface area contributed by atoms with E-state index in [1.54, 1.807) is 36.0 Å². The van der Waals surface area contributed by atoms with Crippen molar-refractivity contribution in [1.29, 1.82) is 0 Å². The number of benzene rings is 1. The van der Waals surface area contributed by atoms with Gasteiger partial charge in [-0.05, 0) is 43.9 Å². The van der Waals surface area contributed by atoms with Crippen molar-refractivity contribution in [3.05, 3.63) is 29.8 Å². The van der Waals surface area contributed by atoms with Crippen LogP contribution in [0.5, 0.6) is 0 Å². The minimum atomic E-state index is -3.57. The number of nitrogens with one attached hydrogen (secondary N) is 1. The molecule has 1 N–H and O–H groups in total. The maximum absolute atomic E-state index is 12.4. The maximum atomic E-state index is 12.4. The Labute approximate surface area is 136 Å². The van der Waals surface area contributed by atoms with Crippen LogP contribution in [0.25, 0.3) is 0 Å². The first kappa shape index (κ1) is 19.0. The largest absolute Gasteiger partial charge is 0.469 e. The SMILES string of the molecule is COC(=O)CC[C@H](CCSC)NS(=O)(=O)c1ccc(C)cc1. The summed E-state index contributed by atoms with van der Waals surface area (Å²) in [6.07, 6.45) is 3.26. The number of sulfonamides is 1. The predicted octanol–water partition coefficient (Wildman–Crippen LogP) is 2.35. The van der Waals surface area contributed by atoms with Crippen molar-refractivity contribution in [3.63, 3.8) is 0 Å². The van der Waals surface area contributed by atoms with Crippen LogP contribution >= 0.6 is 11.8 Å². The second-order valence-electron chi connectivity index (χ2n) is 5.03. The van der Waals surface area contributed by atoms with E-state index >= 15 is 0 Å². The van der Waals surface area contributed by atoms with Crippen molar-refractivity contribution in [2.45, 2.75) is 37.1 Å². The van der Waals surface area contributed by atoms with Crippen molar-refractivity contribution in [2.75, 3.05) is 19.1 Å². The monoisotopic (exact) mass is 345 g/mol. The van der Waals surface area contributed by atoms with E-state index in [0.29, 0.717) is 12.8 Å². The lowest BCUT2D eigenvalue weighted by Gasteiger charge is -2.18. The molecule has 0 spiro atoms. The highest BCUT2D eigenvalue weighted by Gasteiger charge is 2.20. The highest BCUT2D eigenvalue weighted by molar-refractivity contribution is 7.98. The highest BCUT2D eigenvalue weighted by Crippen LogP contribution is 2.14. The van der Waals surface area contributed by atoms with Gasteiger partial charge < -0.3 is 4.74 Å². The fourth-order valence-corrected chi connectivity index (χ4v) is 3.75. The molecule has 1 aromatic carbocycles. The Morgan fingerprint density at radius 2 is 1.91 bits per heavy atom. The Kier molecular flexibility index (Phi) is 7.92. The van der Waals surface area contributed by atoms with E-state index < -0.39 is 10.0 Å². The minimum Gasteiger partial charge on any atom is -0.469 e. The third-order valence-electron chi connectivity index (χ3n) is 3.25. The van der Waals surface area contributed by atoms with Gasteiger partial charge in [-0.2, -0.15) is 11.8 Å². The molecule has 0 aliphatic rings. The van der Waals surface area contributed by atoms with E-state index in [1.165, 1.54) is 7.11 Å². The van der Waals surface area contributed by atoms with Gasteiger partial charge >= 0.3 is 5.97 Å². The molecule has 0 radical (unpaired) electrons. The lowest BCUT2D eigenvalue weighted by molar-refractivity contribution is -0.140. The molecule has 0 aromatic heterocycles. The van der Waals surface area contributed by atoms with Gasteiger partial charge in [0.2, 0.25) is 10.0 Å². The van der Waals surface area contributed by atoms with Gasteiger partial charge in [-0.25, -0.2) is 13.1 Å². The quantitative estimate of drug-likeness (QED) is 0.696. The Balaban J connectivity index is 2.77. The van der Waals surface area contributed by atoms with Crippen LogP contribution in [0.4, 0.5) is 0 Å². The molecule has 0 aliphatic carbocycles. The number of methoxy groups -OCH3 is 1. The van der Waals surface area contributed by atoms with E-state index in [9.17, 15) is 13.2 Å². The number of thioether (sulfide) groups is 1. The topological polar surface area (TPSA) is 72.5 Å². The molecule has 7 heteroatoms. The molecule has 0 saturated heterocycles. The van der Waals surface area contributed by atoms with Gasteiger partial charge in [-0.1, -0.05) is 17.7 Å². The van der Waals surface area contributed by atoms with E-state index in [4.69, 9.17) is 0 Å². The van der Waals surface area contributed by atoms with Crippen LogP contribution in [0, 0.1) is 6.92 Å². The van der Waals surface area contributed by atoms with Crippen molar-refractivity contribution < 1.29 is 17.9 Å². The van der Waals surface area contributed by atoms with Gasteiger partial charge in [0.25, 0.3) is 0 Å². The zero-order valence-electron chi connectivity index (χ0n) is 13.2. The summed E-state index contributed by atoms with van der Waals surface area (Å²) in [6, 6.07) is 6.42. The first-order valence-corrected chi connectivity index (χ1v) is 9.91. The zero-order chi connectivity index (χ0) is 16.6. The van der Waals surface area contributed by atoms with Crippen LogP contribution in [-0.4, -0.2) is 39.5 Å². The highest BCUT2D eigenvalue weighted by atomic mass is 32.2. The molecule has 1 aromatic rings. The van der Waals surface area contributed by atoms with E-state index in [1.807, 2.05) is 13.2 Å². The first-order valence-electron chi connectivity index (χ1n) is 7.04. The number of aryl methyl sites for hydroxylation is 1. The smallest absolute Gasteiger partial charge is 0.305 e. The van der Waals surface area contributed by atoms with Crippen molar-refractivity contribution in [1.82, 2.24) is 4.72 Å². The summed E-state index contributed by atoms with van der Waals surface area (Å²) >= 11 is 1.64. The molecule has 0 heterocycles. The maximum Gasteiger partial charge on any atom is 0.305 e. The lowest BCUT2D eigenvalue weighted by Crippen LogP contribution is -2.35. The normalized spacial score (nSPS) is 12.9. The van der Waals surface area contributed by atoms with Crippen LogP contribution in [0.2, 0.25) is 0 Å². The second-order valence-corrected chi connectivity index (χ2v) is 7.73. The Morgan fingerprint density at radius 1 is 1.27 bits per heavy atom. The van der Waals surface area contributed by atoms with Crippen LogP contribution < -0.4 is 4.72 Å². The van der Waals surface area contributed by atoms with Gasteiger partial charge in [0, 0.05) is 12.5 Å². The third-order valence-corrected chi connectivity index (χ3v) is 5.43. The molecule has 0 unspecified atom stereocenters. The molecule has 0 bridgehead atoms. The van der Waals surface area contributed by atoms with Crippen LogP contribution in [0.1, 0.15) is 24.8 Å². The Hall–Kier alpha value is -1.05. The standard InChI is InChI=1S/C15H23NO4S2/c1-12-4-7-14(8-5-12)22(18,19)16-13(10-11-21-3)6-9-15(17)20-2/h4-5,7-8,13,16H,6,9-11H2,1-3H3/t13-/m1/s1. The molecule has 5 nitrogen and oxygen atoms in total. The van der Waals surface area contributed by atoms with Gasteiger partial charge in [0.05, 0.1) is 12.0 Å². The van der Waals surface area contributed by atoms with Crippen molar-refractivity contribution >= 4 is 27.8 Å². The van der Waals surface area contributed by atoms with E-state index in [-0.39, 0.29) is 23.3 Å². The molecule has 124 valence electrons. The molecule has 0 fully saturated rings. The molecule has 1 atom stereocenters. The fraction of sp³-hybridized carbons (Fsp3) is 0.533. The Morgan fingerprint density at radius 3 is 2.45 bits per heavy atom. The van der Waals surface area contributed by atoms with Gasteiger partial charge in [0.15, 0.2) is 0 Å². The van der Waals surface area contributed by atoms with Gasteiger partial charge in [-0.3, -0.25) is 4.79 Å². The first-order chi connectivity index (χ1) is 10.4. The van der Waals surface area contributed by atoms with Crippen LogP contribution in [0.3, 0.4) is 0 Å². The molecular weight excluding hydrogens is 322 g/mol. The summed E-state index contributed by atoms with van der Waals surface area (Å²) in [6.45, 7) is 1.90. The van der Waals surface area contributed by atoms with Gasteiger partial charge in [0.1, 0.15) is 0 Å². The van der Waals surface area contributed by atoms with Crippen molar-refractivity contribution in [3.8, 4) is 0 Å². The van der Waals surface area contributed by atoms with Crippen molar-refractivity contribution in [2.24, 2.45) is 0 Å². The summed E-state index contributed by atoms with van der Waals surface area (Å²) in [4.78, 5) is 11.5. The second kappa shape index (κ2) is 9.17. The number of carbonyl (C=O) groups is 1. The van der Waals surface area contributed by atoms with Gasteiger partial charge in [-0.15, -0.1) is 0 Å². The van der Waals surface area contributed by atoms with E-state index in [0.717, 1.165) is 11.3 Å². The number of ether oxygens (including phenoxy) is 1. The predicted molar refractivity (Wildman–Crippen MR) is 89.5 cm³/mol. The number of rotatable bonds is 9. The average Bonchev–Trinajstić information content (AvgIpc) is 2.49. The Bertz CT molecular complexity index is 570. The molecule has 0 saturated carbocycles. The van der Waals surface area contributed by atoms with E-state index in [2.05, 4.69) is 9.46 Å². The number of hydrogen-bond donors (Lipinski definition) is 1. The minimum absolute atomic E-state index is 0.200. The average molecular weight is 345 g/mol. The summed E-state index contributed by atoms with van der Waals surface area (Å²) in [5.41, 5.74) is 1.00. The lowest BCUT2D eigenvalue weighted by atomic mass is 10.1. The number of hydrogen-bond acceptors (Lipinski definition) is 5.